The first-order valence-electron chi connectivity index (χ1n) is 4.71. The zero-order valence-corrected chi connectivity index (χ0v) is 11.2. The van der Waals surface area contributed by atoms with Gasteiger partial charge in [-0.2, -0.15) is 0 Å². The molecule has 3 nitrogen and oxygen atoms in total. The Balaban J connectivity index is 2.60. The highest BCUT2D eigenvalue weighted by Gasteiger charge is 2.15. The molecular weight excluding hydrogens is 278 g/mol. The number of carbonyl (C=O) groups excluding carboxylic acids is 1. The van der Waals surface area contributed by atoms with Crippen molar-refractivity contribution >= 4 is 33.2 Å². The van der Waals surface area contributed by atoms with Crippen LogP contribution in [0.4, 0.5) is 0 Å². The van der Waals surface area contributed by atoms with Gasteiger partial charge in [0.05, 0.1) is 13.0 Å². The lowest BCUT2D eigenvalue weighted by Crippen LogP contribution is -2.16. The maximum Gasteiger partial charge on any atom is 0.307 e. The Morgan fingerprint density at radius 1 is 1.73 bits per heavy atom. The second-order valence-electron chi connectivity index (χ2n) is 3.17. The Bertz CT molecular complexity index is 332. The minimum Gasteiger partial charge on any atom is -0.466 e. The number of esters is 1. The zero-order chi connectivity index (χ0) is 11.4. The monoisotopic (exact) mass is 291 g/mol. The Morgan fingerprint density at radius 2 is 2.40 bits per heavy atom. The zero-order valence-electron chi connectivity index (χ0n) is 8.75. The van der Waals surface area contributed by atoms with Gasteiger partial charge in [0.2, 0.25) is 0 Å². The summed E-state index contributed by atoms with van der Waals surface area (Å²) < 4.78 is 5.89. The number of nitrogens with two attached hydrogens (primary N) is 1. The predicted octanol–water partition coefficient (Wildman–Crippen LogP) is 2.77. The number of hydrogen-bond donors (Lipinski definition) is 1. The molecule has 1 unspecified atom stereocenters. The van der Waals surface area contributed by atoms with E-state index in [1.807, 2.05) is 13.0 Å². The van der Waals surface area contributed by atoms with Crippen LogP contribution in [0.3, 0.4) is 0 Å². The molecule has 0 fully saturated rings. The first-order chi connectivity index (χ1) is 7.04. The Hall–Kier alpha value is -0.390. The summed E-state index contributed by atoms with van der Waals surface area (Å²) in [5, 5.41) is 0. The van der Waals surface area contributed by atoms with Crippen molar-refractivity contribution in [2.24, 2.45) is 5.73 Å². The van der Waals surface area contributed by atoms with Crippen LogP contribution in [0.2, 0.25) is 0 Å². The van der Waals surface area contributed by atoms with E-state index >= 15 is 0 Å². The molecule has 0 aliphatic heterocycles. The average molecular weight is 292 g/mol. The summed E-state index contributed by atoms with van der Waals surface area (Å²) in [5.41, 5.74) is 5.90. The molecule has 0 aliphatic carbocycles. The highest BCUT2D eigenvalue weighted by Crippen LogP contribution is 2.30. The summed E-state index contributed by atoms with van der Waals surface area (Å²) >= 11 is 5.02. The van der Waals surface area contributed by atoms with Crippen LogP contribution in [0.15, 0.2) is 10.5 Å². The van der Waals surface area contributed by atoms with Crippen molar-refractivity contribution in [3.8, 4) is 0 Å². The van der Waals surface area contributed by atoms with E-state index in [2.05, 4.69) is 15.9 Å². The van der Waals surface area contributed by atoms with Crippen LogP contribution in [0, 0.1) is 6.92 Å². The van der Waals surface area contributed by atoms with Gasteiger partial charge in [0.25, 0.3) is 0 Å². The van der Waals surface area contributed by atoms with Gasteiger partial charge in [-0.05, 0) is 35.8 Å². The standard InChI is InChI=1S/C10H14BrNO2S/c1-3-14-10(13)5-8(12)9-4-7(11)6(2)15-9/h4,8H,3,5,12H2,1-2H3. The van der Waals surface area contributed by atoms with Crippen LogP contribution in [-0.4, -0.2) is 12.6 Å². The smallest absolute Gasteiger partial charge is 0.307 e. The van der Waals surface area contributed by atoms with Gasteiger partial charge in [0.1, 0.15) is 0 Å². The fourth-order valence-electron chi connectivity index (χ4n) is 1.16. The number of ether oxygens (including phenoxy) is 1. The van der Waals surface area contributed by atoms with E-state index in [1.54, 1.807) is 18.3 Å². The fourth-order valence-corrected chi connectivity index (χ4v) is 2.73. The molecule has 1 heterocycles. The summed E-state index contributed by atoms with van der Waals surface area (Å²) in [7, 11) is 0. The Kier molecular flexibility index (Phi) is 4.76. The molecule has 1 atom stereocenters. The molecule has 1 rings (SSSR count). The van der Waals surface area contributed by atoms with E-state index in [4.69, 9.17) is 10.5 Å². The van der Waals surface area contributed by atoms with Gasteiger partial charge in [-0.15, -0.1) is 11.3 Å². The molecule has 0 saturated carbocycles. The van der Waals surface area contributed by atoms with Gasteiger partial charge in [0, 0.05) is 20.3 Å². The van der Waals surface area contributed by atoms with E-state index in [9.17, 15) is 4.79 Å². The highest BCUT2D eigenvalue weighted by molar-refractivity contribution is 9.10. The molecule has 0 aromatic carbocycles. The Morgan fingerprint density at radius 3 is 2.87 bits per heavy atom. The number of halogens is 1. The second-order valence-corrected chi connectivity index (χ2v) is 5.31. The number of hydrogen-bond acceptors (Lipinski definition) is 4. The number of aryl methyl sites for hydroxylation is 1. The first-order valence-corrected chi connectivity index (χ1v) is 6.32. The van der Waals surface area contributed by atoms with Crippen LogP contribution in [0.1, 0.15) is 29.1 Å². The van der Waals surface area contributed by atoms with Crippen molar-refractivity contribution in [3.63, 3.8) is 0 Å². The van der Waals surface area contributed by atoms with E-state index in [0.29, 0.717) is 6.61 Å². The summed E-state index contributed by atoms with van der Waals surface area (Å²) in [6, 6.07) is 1.70. The molecule has 0 saturated heterocycles. The summed E-state index contributed by atoms with van der Waals surface area (Å²) in [6.45, 7) is 4.20. The summed E-state index contributed by atoms with van der Waals surface area (Å²) in [4.78, 5) is 13.4. The summed E-state index contributed by atoms with van der Waals surface area (Å²) in [6.07, 6.45) is 0.236. The van der Waals surface area contributed by atoms with Crippen LogP contribution >= 0.6 is 27.3 Å². The molecule has 0 radical (unpaired) electrons. The molecule has 2 N–H and O–H groups in total. The third kappa shape index (κ3) is 3.59. The molecule has 0 bridgehead atoms. The lowest BCUT2D eigenvalue weighted by Gasteiger charge is -2.08. The number of thiophene rings is 1. The number of rotatable bonds is 4. The maximum atomic E-state index is 11.2. The Labute approximate surface area is 102 Å². The number of carbonyl (C=O) groups is 1. The topological polar surface area (TPSA) is 52.3 Å². The van der Waals surface area contributed by atoms with E-state index in [-0.39, 0.29) is 18.4 Å². The summed E-state index contributed by atoms with van der Waals surface area (Å²) in [5.74, 6) is -0.243. The molecular formula is C10H14BrNO2S. The van der Waals surface area contributed by atoms with Crippen molar-refractivity contribution in [2.75, 3.05) is 6.61 Å². The third-order valence-electron chi connectivity index (χ3n) is 1.93. The van der Waals surface area contributed by atoms with Crippen LogP contribution in [0.5, 0.6) is 0 Å². The molecule has 1 aromatic heterocycles. The maximum absolute atomic E-state index is 11.2. The van der Waals surface area contributed by atoms with Gasteiger partial charge in [0.15, 0.2) is 0 Å². The van der Waals surface area contributed by atoms with Gasteiger partial charge in [-0.25, -0.2) is 0 Å². The van der Waals surface area contributed by atoms with E-state index < -0.39 is 0 Å². The van der Waals surface area contributed by atoms with Gasteiger partial charge < -0.3 is 10.5 Å². The van der Waals surface area contributed by atoms with Crippen LogP contribution < -0.4 is 5.73 Å². The molecule has 0 amide bonds. The quantitative estimate of drug-likeness (QED) is 0.868. The lowest BCUT2D eigenvalue weighted by atomic mass is 10.2. The van der Waals surface area contributed by atoms with Crippen molar-refractivity contribution in [1.82, 2.24) is 0 Å². The van der Waals surface area contributed by atoms with Gasteiger partial charge in [-0.3, -0.25) is 4.79 Å². The van der Waals surface area contributed by atoms with Crippen LogP contribution in [0.25, 0.3) is 0 Å². The predicted molar refractivity (Wildman–Crippen MR) is 64.9 cm³/mol. The highest BCUT2D eigenvalue weighted by atomic mass is 79.9. The molecule has 1 aromatic rings. The molecule has 15 heavy (non-hydrogen) atoms. The normalized spacial score (nSPS) is 12.5. The third-order valence-corrected chi connectivity index (χ3v) is 4.20. The minimum absolute atomic E-state index is 0.236. The molecule has 0 aliphatic rings. The van der Waals surface area contributed by atoms with Crippen molar-refractivity contribution in [3.05, 3.63) is 20.3 Å². The van der Waals surface area contributed by atoms with E-state index in [0.717, 1.165) is 9.35 Å². The van der Waals surface area contributed by atoms with Crippen LogP contribution in [-0.2, 0) is 9.53 Å². The van der Waals surface area contributed by atoms with Gasteiger partial charge in [-0.1, -0.05) is 0 Å². The average Bonchev–Trinajstić information content (AvgIpc) is 2.47. The van der Waals surface area contributed by atoms with E-state index in [1.165, 1.54) is 4.88 Å². The largest absolute Gasteiger partial charge is 0.466 e. The molecule has 0 spiro atoms. The SMILES string of the molecule is CCOC(=O)CC(N)c1cc(Br)c(C)s1. The lowest BCUT2D eigenvalue weighted by molar-refractivity contribution is -0.143. The second kappa shape index (κ2) is 5.63. The molecule has 84 valence electrons. The van der Waals surface area contributed by atoms with Crippen molar-refractivity contribution < 1.29 is 9.53 Å². The van der Waals surface area contributed by atoms with Gasteiger partial charge >= 0.3 is 5.97 Å². The first kappa shape index (κ1) is 12.7. The minimum atomic E-state index is -0.265. The van der Waals surface area contributed by atoms with Crippen molar-refractivity contribution in [1.29, 1.82) is 0 Å². The van der Waals surface area contributed by atoms with Crippen molar-refractivity contribution in [2.45, 2.75) is 26.3 Å². The fraction of sp³-hybridized carbons (Fsp3) is 0.500. The molecule has 5 heteroatoms.